The van der Waals surface area contributed by atoms with Crippen LogP contribution in [0.4, 0.5) is 8.78 Å². The molecule has 2 fully saturated rings. The summed E-state index contributed by atoms with van der Waals surface area (Å²) in [7, 11) is 1.62. The van der Waals surface area contributed by atoms with Gasteiger partial charge in [0.1, 0.15) is 6.17 Å². The first-order chi connectivity index (χ1) is 13.7. The summed E-state index contributed by atoms with van der Waals surface area (Å²) in [4.78, 5) is 26.4. The number of hydrogen-bond donors (Lipinski definition) is 1. The Morgan fingerprint density at radius 1 is 1.10 bits per heavy atom. The van der Waals surface area contributed by atoms with Crippen LogP contribution in [0, 0.1) is 5.41 Å². The first kappa shape index (κ1) is 18.1. The molecule has 29 heavy (non-hydrogen) atoms. The second-order valence-corrected chi connectivity index (χ2v) is 8.42. The summed E-state index contributed by atoms with van der Waals surface area (Å²) >= 11 is 0. The summed E-state index contributed by atoms with van der Waals surface area (Å²) in [5.74, 6) is -3.78. The predicted molar refractivity (Wildman–Crippen MR) is 101 cm³/mol. The third kappa shape index (κ3) is 2.44. The quantitative estimate of drug-likeness (QED) is 0.798. The number of amides is 1. The highest BCUT2D eigenvalue weighted by Crippen LogP contribution is 2.64. The minimum Gasteiger partial charge on any atom is -0.502 e. The molecule has 0 bridgehead atoms. The standard InChI is InChI=1S/C21H21F2N3O3/c1-24-15-7-9-20(11-21(22,23)12-20)18(13-5-3-2-4-6-13)26(15)25-10-8-14(27)17(28)16(25)19(24)29/h2-6,8,10,15,18,28H,7,9,11-12H2,1H3. The molecule has 5 rings (SSSR count). The van der Waals surface area contributed by atoms with E-state index >= 15 is 0 Å². The van der Waals surface area contributed by atoms with Crippen LogP contribution in [0.3, 0.4) is 0 Å². The van der Waals surface area contributed by atoms with Crippen molar-refractivity contribution in [3.8, 4) is 5.75 Å². The fourth-order valence-electron chi connectivity index (χ4n) is 5.48. The lowest BCUT2D eigenvalue weighted by Gasteiger charge is -2.62. The SMILES string of the molecule is CN1C(=O)c2c(O)c(=O)ccn2N2C1CCC1(CC(F)(F)C1)C2c1ccccc1. The lowest BCUT2D eigenvalue weighted by Crippen LogP contribution is -2.69. The average Bonchev–Trinajstić information content (AvgIpc) is 2.67. The van der Waals surface area contributed by atoms with Crippen LogP contribution in [0.2, 0.25) is 0 Å². The van der Waals surface area contributed by atoms with Gasteiger partial charge in [-0.3, -0.25) is 19.3 Å². The van der Waals surface area contributed by atoms with Crippen molar-refractivity contribution < 1.29 is 18.7 Å². The molecule has 1 spiro atoms. The van der Waals surface area contributed by atoms with E-state index in [0.717, 1.165) is 5.56 Å². The van der Waals surface area contributed by atoms with Gasteiger partial charge in [0.2, 0.25) is 11.4 Å². The molecular weight excluding hydrogens is 380 g/mol. The van der Waals surface area contributed by atoms with E-state index in [-0.39, 0.29) is 24.7 Å². The molecule has 1 saturated heterocycles. The second kappa shape index (κ2) is 5.81. The zero-order chi connectivity index (χ0) is 20.6. The summed E-state index contributed by atoms with van der Waals surface area (Å²) in [6.45, 7) is 0. The molecule has 1 saturated carbocycles. The Morgan fingerprint density at radius 2 is 1.79 bits per heavy atom. The fraction of sp³-hybridized carbons (Fsp3) is 0.429. The summed E-state index contributed by atoms with van der Waals surface area (Å²) in [5, 5.41) is 12.2. The third-order valence-corrected chi connectivity index (χ3v) is 6.66. The van der Waals surface area contributed by atoms with Gasteiger partial charge in [-0.2, -0.15) is 0 Å². The van der Waals surface area contributed by atoms with Gasteiger partial charge in [-0.05, 0) is 18.4 Å². The van der Waals surface area contributed by atoms with Gasteiger partial charge in [0.25, 0.3) is 5.91 Å². The molecular formula is C21H21F2N3O3. The minimum absolute atomic E-state index is 0.125. The number of nitrogens with zero attached hydrogens (tertiary/aromatic N) is 3. The molecule has 6 nitrogen and oxygen atoms in total. The number of piperidine rings is 1. The topological polar surface area (TPSA) is 65.8 Å². The predicted octanol–water partition coefficient (Wildman–Crippen LogP) is 2.85. The minimum atomic E-state index is -2.70. The van der Waals surface area contributed by atoms with Crippen molar-refractivity contribution in [2.45, 2.75) is 43.8 Å². The molecule has 2 aliphatic heterocycles. The third-order valence-electron chi connectivity index (χ3n) is 6.66. The van der Waals surface area contributed by atoms with Crippen molar-refractivity contribution in [3.63, 3.8) is 0 Å². The van der Waals surface area contributed by atoms with Gasteiger partial charge in [0.15, 0.2) is 11.4 Å². The van der Waals surface area contributed by atoms with E-state index in [1.807, 2.05) is 35.3 Å². The molecule has 1 amide bonds. The zero-order valence-electron chi connectivity index (χ0n) is 15.9. The second-order valence-electron chi connectivity index (χ2n) is 8.42. The Labute approximate surface area is 165 Å². The van der Waals surface area contributed by atoms with E-state index in [0.29, 0.717) is 12.8 Å². The first-order valence-electron chi connectivity index (χ1n) is 9.67. The Bertz CT molecular complexity index is 1040. The van der Waals surface area contributed by atoms with Crippen LogP contribution in [0.15, 0.2) is 47.4 Å². The summed E-state index contributed by atoms with van der Waals surface area (Å²) < 4.78 is 29.6. The molecule has 0 radical (unpaired) electrons. The van der Waals surface area contributed by atoms with Crippen molar-refractivity contribution in [3.05, 3.63) is 64.1 Å². The molecule has 1 aromatic carbocycles. The molecule has 1 aliphatic carbocycles. The molecule has 1 N–H and O–H groups in total. The molecule has 8 heteroatoms. The lowest BCUT2D eigenvalue weighted by atomic mass is 9.56. The molecule has 3 heterocycles. The van der Waals surface area contributed by atoms with Gasteiger partial charge in [-0.15, -0.1) is 0 Å². The summed E-state index contributed by atoms with van der Waals surface area (Å²) in [6, 6.07) is 10.2. The molecule has 3 aliphatic rings. The highest BCUT2D eigenvalue weighted by molar-refractivity contribution is 5.96. The van der Waals surface area contributed by atoms with E-state index in [1.165, 1.54) is 21.8 Å². The zero-order valence-corrected chi connectivity index (χ0v) is 15.9. The Balaban J connectivity index is 1.73. The highest BCUT2D eigenvalue weighted by Gasteiger charge is 2.64. The lowest BCUT2D eigenvalue weighted by molar-refractivity contribution is -0.188. The summed E-state index contributed by atoms with van der Waals surface area (Å²) in [5.41, 5.74) is -0.534. The number of aromatic hydroxyl groups is 1. The number of halogens is 2. The largest absolute Gasteiger partial charge is 0.502 e. The van der Waals surface area contributed by atoms with Gasteiger partial charge in [0.05, 0.1) is 6.04 Å². The van der Waals surface area contributed by atoms with Crippen molar-refractivity contribution >= 4 is 5.91 Å². The highest BCUT2D eigenvalue weighted by atomic mass is 19.3. The fourth-order valence-corrected chi connectivity index (χ4v) is 5.48. The number of fused-ring (bicyclic) bond motifs is 3. The van der Waals surface area contributed by atoms with E-state index in [9.17, 15) is 23.5 Å². The number of rotatable bonds is 1. The van der Waals surface area contributed by atoms with Crippen molar-refractivity contribution in [2.75, 3.05) is 12.1 Å². The monoisotopic (exact) mass is 401 g/mol. The number of hydrogen-bond acceptors (Lipinski definition) is 4. The molecule has 1 aromatic heterocycles. The maximum absolute atomic E-state index is 14.1. The Kier molecular flexibility index (Phi) is 3.63. The Hall–Kier alpha value is -2.90. The van der Waals surface area contributed by atoms with Crippen LogP contribution >= 0.6 is 0 Å². The van der Waals surface area contributed by atoms with Crippen LogP contribution in [-0.2, 0) is 0 Å². The number of alkyl halides is 2. The van der Waals surface area contributed by atoms with Gasteiger partial charge in [-0.25, -0.2) is 8.78 Å². The van der Waals surface area contributed by atoms with Gasteiger partial charge in [0, 0.05) is 37.6 Å². The summed E-state index contributed by atoms with van der Waals surface area (Å²) in [6.07, 6.45) is 1.77. The van der Waals surface area contributed by atoms with Crippen molar-refractivity contribution in [1.29, 1.82) is 0 Å². The van der Waals surface area contributed by atoms with Gasteiger partial charge >= 0.3 is 0 Å². The Morgan fingerprint density at radius 3 is 2.45 bits per heavy atom. The molecule has 152 valence electrons. The van der Waals surface area contributed by atoms with Gasteiger partial charge < -0.3 is 10.0 Å². The molecule has 2 unspecified atom stereocenters. The first-order valence-corrected chi connectivity index (χ1v) is 9.67. The van der Waals surface area contributed by atoms with Crippen molar-refractivity contribution in [1.82, 2.24) is 9.58 Å². The number of pyridine rings is 1. The van der Waals surface area contributed by atoms with E-state index in [2.05, 4.69) is 0 Å². The smallest absolute Gasteiger partial charge is 0.277 e. The average molecular weight is 401 g/mol. The molecule has 2 aromatic rings. The number of aromatic nitrogens is 1. The van der Waals surface area contributed by atoms with E-state index < -0.39 is 34.5 Å². The van der Waals surface area contributed by atoms with Crippen molar-refractivity contribution in [2.24, 2.45) is 5.41 Å². The number of benzene rings is 1. The van der Waals surface area contributed by atoms with Gasteiger partial charge in [-0.1, -0.05) is 30.3 Å². The van der Waals surface area contributed by atoms with Crippen LogP contribution < -0.4 is 10.4 Å². The van der Waals surface area contributed by atoms with Crippen LogP contribution in [-0.4, -0.2) is 39.7 Å². The number of carbonyl (C=O) groups excluding carboxylic acids is 1. The van der Waals surface area contributed by atoms with Crippen LogP contribution in [0.5, 0.6) is 5.75 Å². The van der Waals surface area contributed by atoms with E-state index in [4.69, 9.17) is 0 Å². The van der Waals surface area contributed by atoms with E-state index in [1.54, 1.807) is 7.05 Å². The van der Waals surface area contributed by atoms with Crippen LogP contribution in [0.1, 0.15) is 47.8 Å². The normalized spacial score (nSPS) is 26.7. The maximum atomic E-state index is 14.1. The number of carbonyl (C=O) groups is 1. The molecule has 2 atom stereocenters. The maximum Gasteiger partial charge on any atom is 0.277 e. The van der Waals surface area contributed by atoms with Crippen LogP contribution in [0.25, 0.3) is 0 Å².